The van der Waals surface area contributed by atoms with Crippen LogP contribution in [0.2, 0.25) is 0 Å². The van der Waals surface area contributed by atoms with Gasteiger partial charge >= 0.3 is 0 Å². The third-order valence-corrected chi connectivity index (χ3v) is 6.43. The van der Waals surface area contributed by atoms with Crippen molar-refractivity contribution in [3.05, 3.63) is 29.8 Å². The number of benzene rings is 1. The molecule has 1 aliphatic carbocycles. The maximum Gasteiger partial charge on any atom is 0.243 e. The molecule has 1 aromatic carbocycles. The van der Waals surface area contributed by atoms with Gasteiger partial charge in [0.05, 0.1) is 4.90 Å². The van der Waals surface area contributed by atoms with E-state index in [0.29, 0.717) is 18.0 Å². The van der Waals surface area contributed by atoms with E-state index in [1.165, 1.54) is 0 Å². The van der Waals surface area contributed by atoms with Gasteiger partial charge in [-0.1, -0.05) is 37.5 Å². The molecule has 20 heavy (non-hydrogen) atoms. The lowest BCUT2D eigenvalue weighted by Gasteiger charge is -2.38. The Morgan fingerprint density at radius 1 is 1.20 bits per heavy atom. The van der Waals surface area contributed by atoms with Gasteiger partial charge in [0.2, 0.25) is 10.0 Å². The molecule has 0 atom stereocenters. The molecule has 0 aromatic heterocycles. The average molecular weight is 296 g/mol. The number of likely N-dealkylation sites (N-methyl/N-ethyl adjacent to an activating group) is 1. The van der Waals surface area contributed by atoms with Crippen LogP contribution in [0.15, 0.2) is 29.2 Å². The summed E-state index contributed by atoms with van der Waals surface area (Å²) in [5.74, 6) is 0. The molecule has 1 saturated carbocycles. The van der Waals surface area contributed by atoms with Crippen LogP contribution in [-0.2, 0) is 10.0 Å². The zero-order valence-corrected chi connectivity index (χ0v) is 13.1. The summed E-state index contributed by atoms with van der Waals surface area (Å²) in [4.78, 5) is 0.365. The highest BCUT2D eigenvalue weighted by molar-refractivity contribution is 7.89. The van der Waals surface area contributed by atoms with E-state index in [1.807, 2.05) is 26.0 Å². The fourth-order valence-corrected chi connectivity index (χ4v) is 5.03. The third-order valence-electron chi connectivity index (χ3n) is 4.34. The Balaban J connectivity index is 2.42. The standard InChI is InChI=1S/C15H24N2O2S/c1-3-17(15(12-16)10-4-5-11-15)20(18,19)14-8-6-13(2)7-9-14/h6-9H,3-5,10-12,16H2,1-2H3. The van der Waals surface area contributed by atoms with Crippen LogP contribution >= 0.6 is 0 Å². The van der Waals surface area contributed by atoms with Gasteiger partial charge in [0, 0.05) is 18.6 Å². The number of hydrogen-bond donors (Lipinski definition) is 1. The molecule has 0 bridgehead atoms. The lowest BCUT2D eigenvalue weighted by atomic mass is 9.98. The molecule has 0 heterocycles. The fourth-order valence-electron chi connectivity index (χ4n) is 3.19. The molecule has 4 nitrogen and oxygen atoms in total. The highest BCUT2D eigenvalue weighted by Crippen LogP contribution is 2.37. The maximum absolute atomic E-state index is 12.9. The quantitative estimate of drug-likeness (QED) is 0.906. The molecular weight excluding hydrogens is 272 g/mol. The van der Waals surface area contributed by atoms with E-state index in [9.17, 15) is 8.42 Å². The van der Waals surface area contributed by atoms with E-state index >= 15 is 0 Å². The van der Waals surface area contributed by atoms with Crippen LogP contribution in [0.25, 0.3) is 0 Å². The highest BCUT2D eigenvalue weighted by Gasteiger charge is 2.44. The Hall–Kier alpha value is -0.910. The molecule has 0 spiro atoms. The van der Waals surface area contributed by atoms with Crippen LogP contribution in [0.3, 0.4) is 0 Å². The monoisotopic (exact) mass is 296 g/mol. The zero-order valence-electron chi connectivity index (χ0n) is 12.3. The van der Waals surface area contributed by atoms with Crippen molar-refractivity contribution < 1.29 is 8.42 Å². The Labute approximate surface area is 122 Å². The van der Waals surface area contributed by atoms with E-state index in [0.717, 1.165) is 31.2 Å². The topological polar surface area (TPSA) is 63.4 Å². The number of rotatable bonds is 5. The van der Waals surface area contributed by atoms with Gasteiger partial charge in [-0.05, 0) is 31.9 Å². The lowest BCUT2D eigenvalue weighted by molar-refractivity contribution is 0.205. The first kappa shape index (κ1) is 15.5. The summed E-state index contributed by atoms with van der Waals surface area (Å²) in [5.41, 5.74) is 6.60. The molecule has 0 unspecified atom stereocenters. The SMILES string of the molecule is CCN(C1(CN)CCCC1)S(=O)(=O)c1ccc(C)cc1. The number of nitrogens with zero attached hydrogens (tertiary/aromatic N) is 1. The molecule has 1 fully saturated rings. The van der Waals surface area contributed by atoms with Gasteiger partial charge < -0.3 is 5.73 Å². The summed E-state index contributed by atoms with van der Waals surface area (Å²) in [6.07, 6.45) is 3.83. The number of nitrogens with two attached hydrogens (primary N) is 1. The van der Waals surface area contributed by atoms with Crippen LogP contribution in [0.4, 0.5) is 0 Å². The number of sulfonamides is 1. The highest BCUT2D eigenvalue weighted by atomic mass is 32.2. The van der Waals surface area contributed by atoms with Crippen molar-refractivity contribution in [3.8, 4) is 0 Å². The zero-order chi connectivity index (χ0) is 14.8. The van der Waals surface area contributed by atoms with Crippen molar-refractivity contribution in [1.29, 1.82) is 0 Å². The molecule has 0 radical (unpaired) electrons. The largest absolute Gasteiger partial charge is 0.329 e. The smallest absolute Gasteiger partial charge is 0.243 e. The summed E-state index contributed by atoms with van der Waals surface area (Å²) in [6.45, 7) is 4.70. The second-order valence-corrected chi connectivity index (χ2v) is 7.48. The van der Waals surface area contributed by atoms with Crippen LogP contribution in [0.5, 0.6) is 0 Å². The Morgan fingerprint density at radius 2 is 1.75 bits per heavy atom. The van der Waals surface area contributed by atoms with Crippen LogP contribution < -0.4 is 5.73 Å². The first-order valence-electron chi connectivity index (χ1n) is 7.26. The van der Waals surface area contributed by atoms with Gasteiger partial charge in [0.1, 0.15) is 0 Å². The Morgan fingerprint density at radius 3 is 2.20 bits per heavy atom. The fraction of sp³-hybridized carbons (Fsp3) is 0.600. The molecule has 1 aromatic rings. The van der Waals surface area contributed by atoms with Crippen molar-refractivity contribution in [2.75, 3.05) is 13.1 Å². The summed E-state index contributed by atoms with van der Waals surface area (Å²) < 4.78 is 27.4. The van der Waals surface area contributed by atoms with Gasteiger partial charge in [-0.2, -0.15) is 4.31 Å². The first-order valence-corrected chi connectivity index (χ1v) is 8.70. The van der Waals surface area contributed by atoms with E-state index in [2.05, 4.69) is 0 Å². The molecular formula is C15H24N2O2S. The van der Waals surface area contributed by atoms with Gasteiger partial charge in [-0.3, -0.25) is 0 Å². The summed E-state index contributed by atoms with van der Waals surface area (Å²) in [6, 6.07) is 7.05. The Kier molecular flexibility index (Phi) is 4.52. The van der Waals surface area contributed by atoms with E-state index in [4.69, 9.17) is 5.73 Å². The minimum Gasteiger partial charge on any atom is -0.329 e. The van der Waals surface area contributed by atoms with Crippen molar-refractivity contribution in [2.45, 2.75) is 50.0 Å². The molecule has 0 aliphatic heterocycles. The van der Waals surface area contributed by atoms with E-state index < -0.39 is 15.6 Å². The maximum atomic E-state index is 12.9. The number of hydrogen-bond acceptors (Lipinski definition) is 3. The molecule has 0 amide bonds. The third kappa shape index (κ3) is 2.62. The Bertz CT molecular complexity index is 546. The van der Waals surface area contributed by atoms with Gasteiger partial charge in [0.25, 0.3) is 0 Å². The van der Waals surface area contributed by atoms with Gasteiger partial charge in [-0.25, -0.2) is 8.42 Å². The molecule has 2 rings (SSSR count). The molecule has 112 valence electrons. The number of aryl methyl sites for hydroxylation is 1. The van der Waals surface area contributed by atoms with Crippen molar-refractivity contribution in [2.24, 2.45) is 5.73 Å². The van der Waals surface area contributed by atoms with E-state index in [-0.39, 0.29) is 0 Å². The van der Waals surface area contributed by atoms with Gasteiger partial charge in [-0.15, -0.1) is 0 Å². The first-order chi connectivity index (χ1) is 9.46. The average Bonchev–Trinajstić information content (AvgIpc) is 2.89. The summed E-state index contributed by atoms with van der Waals surface area (Å²) in [7, 11) is -3.47. The second kappa shape index (κ2) is 5.84. The lowest BCUT2D eigenvalue weighted by Crippen LogP contribution is -2.54. The van der Waals surface area contributed by atoms with Crippen molar-refractivity contribution >= 4 is 10.0 Å². The van der Waals surface area contributed by atoms with Crippen molar-refractivity contribution in [3.63, 3.8) is 0 Å². The molecule has 5 heteroatoms. The van der Waals surface area contributed by atoms with Crippen LogP contribution in [-0.4, -0.2) is 31.4 Å². The molecule has 2 N–H and O–H groups in total. The molecule has 1 aliphatic rings. The second-order valence-electron chi connectivity index (χ2n) is 5.62. The van der Waals surface area contributed by atoms with Gasteiger partial charge in [0.15, 0.2) is 0 Å². The predicted molar refractivity (Wildman–Crippen MR) is 81.0 cm³/mol. The van der Waals surface area contributed by atoms with Crippen LogP contribution in [0, 0.1) is 6.92 Å². The summed E-state index contributed by atoms with van der Waals surface area (Å²) in [5, 5.41) is 0. The minimum absolute atomic E-state index is 0.365. The summed E-state index contributed by atoms with van der Waals surface area (Å²) >= 11 is 0. The molecule has 0 saturated heterocycles. The predicted octanol–water partition coefficient (Wildman–Crippen LogP) is 2.28. The van der Waals surface area contributed by atoms with Crippen LogP contribution in [0.1, 0.15) is 38.2 Å². The minimum atomic E-state index is -3.47. The normalized spacial score (nSPS) is 18.6. The van der Waals surface area contributed by atoms with E-state index in [1.54, 1.807) is 16.4 Å². The van der Waals surface area contributed by atoms with Crippen molar-refractivity contribution in [1.82, 2.24) is 4.31 Å².